The number of carbonyl (C=O) groups is 2. The zero-order chi connectivity index (χ0) is 15.2. The summed E-state index contributed by atoms with van der Waals surface area (Å²) < 4.78 is 9.95. The monoisotopic (exact) mass is 291 g/mol. The Bertz CT molecular complexity index is 490. The Kier molecular flexibility index (Phi) is 5.33. The van der Waals surface area contributed by atoms with Crippen LogP contribution in [0.5, 0.6) is 0 Å². The lowest BCUT2D eigenvalue weighted by Crippen LogP contribution is -2.38. The van der Waals surface area contributed by atoms with E-state index in [1.807, 2.05) is 0 Å². The van der Waals surface area contributed by atoms with Gasteiger partial charge in [0.15, 0.2) is 0 Å². The number of nitrogens with one attached hydrogen (secondary N) is 1. The number of methoxy groups -OCH3 is 2. The van der Waals surface area contributed by atoms with Gasteiger partial charge in [-0.1, -0.05) is 0 Å². The third-order valence-corrected chi connectivity index (χ3v) is 3.91. The highest BCUT2D eigenvalue weighted by atomic mass is 16.5. The number of carbonyl (C=O) groups excluding carboxylic acids is 2. The van der Waals surface area contributed by atoms with E-state index in [9.17, 15) is 9.59 Å². The van der Waals surface area contributed by atoms with Crippen LogP contribution in [-0.2, 0) is 9.47 Å². The molecule has 1 saturated carbocycles. The Labute approximate surface area is 124 Å². The quantitative estimate of drug-likeness (QED) is 0.863. The number of ether oxygens (including phenoxy) is 2. The van der Waals surface area contributed by atoms with Gasteiger partial charge in [0.05, 0.1) is 18.8 Å². The van der Waals surface area contributed by atoms with Crippen LogP contribution in [-0.4, -0.2) is 38.2 Å². The minimum atomic E-state index is -0.403. The van der Waals surface area contributed by atoms with Gasteiger partial charge < -0.3 is 14.8 Å². The summed E-state index contributed by atoms with van der Waals surface area (Å²) >= 11 is 0. The van der Waals surface area contributed by atoms with Crippen LogP contribution in [0.3, 0.4) is 0 Å². The molecule has 0 aromatic heterocycles. The normalized spacial score (nSPS) is 21.6. The average molecular weight is 291 g/mol. The fourth-order valence-electron chi connectivity index (χ4n) is 2.59. The third-order valence-electron chi connectivity index (χ3n) is 3.91. The molecule has 0 unspecified atom stereocenters. The minimum absolute atomic E-state index is 0.104. The molecular formula is C16H21NO4. The lowest BCUT2D eigenvalue weighted by molar-refractivity contribution is 0.0597. The zero-order valence-corrected chi connectivity index (χ0v) is 12.4. The Balaban J connectivity index is 1.90. The first-order chi connectivity index (χ1) is 10.1. The van der Waals surface area contributed by atoms with Gasteiger partial charge in [-0.3, -0.25) is 4.79 Å². The molecule has 1 aliphatic rings. The molecule has 1 aromatic carbocycles. The lowest BCUT2D eigenvalue weighted by Gasteiger charge is -2.28. The first kappa shape index (κ1) is 15.5. The molecule has 5 nitrogen and oxygen atoms in total. The summed E-state index contributed by atoms with van der Waals surface area (Å²) in [6.07, 6.45) is 4.14. The van der Waals surface area contributed by atoms with Gasteiger partial charge in [0, 0.05) is 18.7 Å². The summed E-state index contributed by atoms with van der Waals surface area (Å²) in [6.45, 7) is 0. The molecule has 0 bridgehead atoms. The van der Waals surface area contributed by atoms with E-state index in [0.29, 0.717) is 17.2 Å². The second kappa shape index (κ2) is 7.22. The maximum atomic E-state index is 12.2. The molecule has 1 fully saturated rings. The molecule has 0 aliphatic heterocycles. The Morgan fingerprint density at radius 1 is 1.00 bits per heavy atom. The van der Waals surface area contributed by atoms with Crippen molar-refractivity contribution in [2.75, 3.05) is 14.2 Å². The summed E-state index contributed by atoms with van der Waals surface area (Å²) in [5.41, 5.74) is 0.992. The number of hydrogen-bond acceptors (Lipinski definition) is 4. The SMILES string of the molecule is COC(=O)c1ccc(C(=O)NC2CCC(OC)CC2)cc1. The topological polar surface area (TPSA) is 64.6 Å². The first-order valence-electron chi connectivity index (χ1n) is 7.16. The van der Waals surface area contributed by atoms with Gasteiger partial charge in [-0.05, 0) is 49.9 Å². The molecule has 1 aromatic rings. The van der Waals surface area contributed by atoms with Crippen molar-refractivity contribution in [3.8, 4) is 0 Å². The minimum Gasteiger partial charge on any atom is -0.465 e. The Morgan fingerprint density at radius 3 is 2.10 bits per heavy atom. The maximum absolute atomic E-state index is 12.2. The van der Waals surface area contributed by atoms with Crippen molar-refractivity contribution in [1.82, 2.24) is 5.32 Å². The number of amides is 1. The predicted molar refractivity (Wildman–Crippen MR) is 78.3 cm³/mol. The molecule has 0 heterocycles. The average Bonchev–Trinajstić information content (AvgIpc) is 2.55. The number of esters is 1. The smallest absolute Gasteiger partial charge is 0.337 e. The van der Waals surface area contributed by atoms with Crippen LogP contribution in [0.15, 0.2) is 24.3 Å². The second-order valence-electron chi connectivity index (χ2n) is 5.25. The van der Waals surface area contributed by atoms with E-state index >= 15 is 0 Å². The molecule has 1 N–H and O–H groups in total. The molecule has 0 radical (unpaired) electrons. The van der Waals surface area contributed by atoms with Crippen molar-refractivity contribution in [1.29, 1.82) is 0 Å². The van der Waals surface area contributed by atoms with E-state index in [-0.39, 0.29) is 11.9 Å². The molecule has 0 atom stereocenters. The molecule has 5 heteroatoms. The van der Waals surface area contributed by atoms with E-state index in [4.69, 9.17) is 4.74 Å². The van der Waals surface area contributed by atoms with Crippen LogP contribution in [0.4, 0.5) is 0 Å². The van der Waals surface area contributed by atoms with E-state index in [0.717, 1.165) is 25.7 Å². The van der Waals surface area contributed by atoms with E-state index in [1.54, 1.807) is 31.4 Å². The molecule has 1 aliphatic carbocycles. The van der Waals surface area contributed by atoms with E-state index in [1.165, 1.54) is 7.11 Å². The third kappa shape index (κ3) is 4.04. The maximum Gasteiger partial charge on any atom is 0.337 e. The van der Waals surface area contributed by atoms with Crippen molar-refractivity contribution in [2.24, 2.45) is 0 Å². The molecule has 2 rings (SSSR count). The Hall–Kier alpha value is -1.88. The number of rotatable bonds is 4. The largest absolute Gasteiger partial charge is 0.465 e. The van der Waals surface area contributed by atoms with Gasteiger partial charge in [0.2, 0.25) is 0 Å². The predicted octanol–water partition coefficient (Wildman–Crippen LogP) is 2.16. The Morgan fingerprint density at radius 2 is 1.57 bits per heavy atom. The number of hydrogen-bond donors (Lipinski definition) is 1. The molecular weight excluding hydrogens is 270 g/mol. The molecule has 0 spiro atoms. The standard InChI is InChI=1S/C16H21NO4/c1-20-14-9-7-13(8-10-14)17-15(18)11-3-5-12(6-4-11)16(19)21-2/h3-6,13-14H,7-10H2,1-2H3,(H,17,18). The highest BCUT2D eigenvalue weighted by molar-refractivity contribution is 5.96. The summed E-state index contributed by atoms with van der Waals surface area (Å²) in [6, 6.07) is 6.68. The fraction of sp³-hybridized carbons (Fsp3) is 0.500. The molecule has 114 valence electrons. The zero-order valence-electron chi connectivity index (χ0n) is 12.4. The van der Waals surface area contributed by atoms with Crippen LogP contribution in [0.2, 0.25) is 0 Å². The van der Waals surface area contributed by atoms with Crippen molar-refractivity contribution < 1.29 is 19.1 Å². The van der Waals surface area contributed by atoms with Gasteiger partial charge in [0.25, 0.3) is 5.91 Å². The summed E-state index contributed by atoms with van der Waals surface area (Å²) in [5, 5.41) is 3.03. The van der Waals surface area contributed by atoms with Crippen molar-refractivity contribution in [2.45, 2.75) is 37.8 Å². The highest BCUT2D eigenvalue weighted by Crippen LogP contribution is 2.21. The van der Waals surface area contributed by atoms with E-state index in [2.05, 4.69) is 10.1 Å². The molecule has 21 heavy (non-hydrogen) atoms. The van der Waals surface area contributed by atoms with Gasteiger partial charge in [-0.2, -0.15) is 0 Å². The van der Waals surface area contributed by atoms with Crippen molar-refractivity contribution >= 4 is 11.9 Å². The van der Waals surface area contributed by atoms with Crippen LogP contribution in [0, 0.1) is 0 Å². The van der Waals surface area contributed by atoms with Gasteiger partial charge in [0.1, 0.15) is 0 Å². The van der Waals surface area contributed by atoms with Crippen LogP contribution >= 0.6 is 0 Å². The summed E-state index contributed by atoms with van der Waals surface area (Å²) in [7, 11) is 3.06. The van der Waals surface area contributed by atoms with Gasteiger partial charge >= 0.3 is 5.97 Å². The number of benzene rings is 1. The molecule has 0 saturated heterocycles. The van der Waals surface area contributed by atoms with Crippen LogP contribution in [0.1, 0.15) is 46.4 Å². The van der Waals surface area contributed by atoms with Crippen LogP contribution in [0.25, 0.3) is 0 Å². The lowest BCUT2D eigenvalue weighted by atomic mass is 9.93. The highest BCUT2D eigenvalue weighted by Gasteiger charge is 2.22. The van der Waals surface area contributed by atoms with Gasteiger partial charge in [-0.15, -0.1) is 0 Å². The van der Waals surface area contributed by atoms with Crippen molar-refractivity contribution in [3.05, 3.63) is 35.4 Å². The first-order valence-corrected chi connectivity index (χ1v) is 7.16. The summed E-state index contributed by atoms with van der Waals surface area (Å²) in [4.78, 5) is 23.5. The fourth-order valence-corrected chi connectivity index (χ4v) is 2.59. The second-order valence-corrected chi connectivity index (χ2v) is 5.25. The van der Waals surface area contributed by atoms with E-state index < -0.39 is 5.97 Å². The van der Waals surface area contributed by atoms with Gasteiger partial charge in [-0.25, -0.2) is 4.79 Å². The van der Waals surface area contributed by atoms with Crippen LogP contribution < -0.4 is 5.32 Å². The summed E-state index contributed by atoms with van der Waals surface area (Å²) in [5.74, 6) is -0.507. The molecule has 1 amide bonds. The van der Waals surface area contributed by atoms with Crippen molar-refractivity contribution in [3.63, 3.8) is 0 Å².